The van der Waals surface area contributed by atoms with Crippen LogP contribution in [-0.4, -0.2) is 30.9 Å². The number of hydrogen-bond acceptors (Lipinski definition) is 5. The highest BCUT2D eigenvalue weighted by molar-refractivity contribution is 5.96. The fraction of sp³-hybridized carbons (Fsp3) is 0.286. The zero-order chi connectivity index (χ0) is 21.1. The Morgan fingerprint density at radius 2 is 1.24 bits per heavy atom. The normalized spacial score (nSPS) is 10.0. The van der Waals surface area contributed by atoms with E-state index in [1.807, 2.05) is 13.8 Å². The average molecular weight is 399 g/mol. The molecular weight excluding hydrogens is 374 g/mol. The van der Waals surface area contributed by atoms with Gasteiger partial charge in [0.15, 0.2) is 0 Å². The second-order valence-electron chi connectivity index (χ2n) is 5.97. The standard InChI is InChI=1S/C21H25N3O5/c1-3-28-17-9-5-15(6-10-17)21(27)24-23-20(26)14-13-19(25)22-16-7-11-18(12-8-16)29-4-2/h5-12H,3-4,13-14H2,1-2H3,(H,22,25)(H,23,26)(H,24,27). The lowest BCUT2D eigenvalue weighted by molar-refractivity contribution is -0.124. The van der Waals surface area contributed by atoms with Gasteiger partial charge in [0, 0.05) is 24.1 Å². The Kier molecular flexibility index (Phi) is 8.50. The number of carbonyl (C=O) groups is 3. The molecule has 2 aromatic rings. The van der Waals surface area contributed by atoms with E-state index in [9.17, 15) is 14.4 Å². The Labute approximate surface area is 169 Å². The van der Waals surface area contributed by atoms with Crippen LogP contribution in [0.25, 0.3) is 0 Å². The van der Waals surface area contributed by atoms with Crippen LogP contribution in [-0.2, 0) is 9.59 Å². The molecule has 0 spiro atoms. The summed E-state index contributed by atoms with van der Waals surface area (Å²) in [5.74, 6) is 0.147. The maximum absolute atomic E-state index is 12.0. The summed E-state index contributed by atoms with van der Waals surface area (Å²) in [7, 11) is 0. The van der Waals surface area contributed by atoms with Gasteiger partial charge < -0.3 is 14.8 Å². The summed E-state index contributed by atoms with van der Waals surface area (Å²) in [6.07, 6.45) is -0.0790. The van der Waals surface area contributed by atoms with Crippen LogP contribution in [0.2, 0.25) is 0 Å². The van der Waals surface area contributed by atoms with Crippen molar-refractivity contribution in [1.29, 1.82) is 0 Å². The summed E-state index contributed by atoms with van der Waals surface area (Å²) in [6.45, 7) is 4.86. The third-order valence-corrected chi connectivity index (χ3v) is 3.77. The minimum absolute atomic E-state index is 0.0159. The minimum Gasteiger partial charge on any atom is -0.494 e. The quantitative estimate of drug-likeness (QED) is 0.562. The van der Waals surface area contributed by atoms with E-state index in [0.717, 1.165) is 0 Å². The Bertz CT molecular complexity index is 819. The van der Waals surface area contributed by atoms with Crippen molar-refractivity contribution in [3.63, 3.8) is 0 Å². The molecule has 154 valence electrons. The first-order valence-corrected chi connectivity index (χ1v) is 9.36. The van der Waals surface area contributed by atoms with Crippen molar-refractivity contribution < 1.29 is 23.9 Å². The van der Waals surface area contributed by atoms with Crippen molar-refractivity contribution in [2.75, 3.05) is 18.5 Å². The van der Waals surface area contributed by atoms with E-state index in [4.69, 9.17) is 9.47 Å². The average Bonchev–Trinajstić information content (AvgIpc) is 2.73. The molecule has 3 amide bonds. The van der Waals surface area contributed by atoms with Gasteiger partial charge >= 0.3 is 0 Å². The highest BCUT2D eigenvalue weighted by Gasteiger charge is 2.10. The van der Waals surface area contributed by atoms with Crippen LogP contribution in [0.15, 0.2) is 48.5 Å². The fourth-order valence-corrected chi connectivity index (χ4v) is 2.38. The third kappa shape index (κ3) is 7.53. The van der Waals surface area contributed by atoms with Gasteiger partial charge in [0.25, 0.3) is 5.91 Å². The lowest BCUT2D eigenvalue weighted by atomic mass is 10.2. The molecule has 2 aromatic carbocycles. The smallest absolute Gasteiger partial charge is 0.269 e. The van der Waals surface area contributed by atoms with Crippen LogP contribution >= 0.6 is 0 Å². The van der Waals surface area contributed by atoms with Gasteiger partial charge in [-0.15, -0.1) is 0 Å². The molecule has 29 heavy (non-hydrogen) atoms. The summed E-state index contributed by atoms with van der Waals surface area (Å²) >= 11 is 0. The molecule has 2 rings (SSSR count). The van der Waals surface area contributed by atoms with E-state index in [1.54, 1.807) is 48.5 Å². The first-order valence-electron chi connectivity index (χ1n) is 9.36. The van der Waals surface area contributed by atoms with Gasteiger partial charge in [0.2, 0.25) is 11.8 Å². The Morgan fingerprint density at radius 3 is 1.79 bits per heavy atom. The number of ether oxygens (including phenoxy) is 2. The maximum Gasteiger partial charge on any atom is 0.269 e. The summed E-state index contributed by atoms with van der Waals surface area (Å²) in [4.78, 5) is 35.8. The van der Waals surface area contributed by atoms with Crippen molar-refractivity contribution in [2.24, 2.45) is 0 Å². The van der Waals surface area contributed by atoms with Crippen LogP contribution < -0.4 is 25.6 Å². The van der Waals surface area contributed by atoms with Crippen molar-refractivity contribution >= 4 is 23.4 Å². The first kappa shape index (κ1) is 21.7. The van der Waals surface area contributed by atoms with Crippen molar-refractivity contribution in [3.05, 3.63) is 54.1 Å². The second-order valence-corrected chi connectivity index (χ2v) is 5.97. The summed E-state index contributed by atoms with van der Waals surface area (Å²) in [5.41, 5.74) is 5.60. The molecule has 3 N–H and O–H groups in total. The molecule has 0 aliphatic carbocycles. The van der Waals surface area contributed by atoms with Crippen molar-refractivity contribution in [1.82, 2.24) is 10.9 Å². The van der Waals surface area contributed by atoms with Gasteiger partial charge in [0.05, 0.1) is 13.2 Å². The Hall–Kier alpha value is -3.55. The molecule has 0 saturated carbocycles. The maximum atomic E-state index is 12.0. The molecule has 0 fully saturated rings. The van der Waals surface area contributed by atoms with Crippen LogP contribution in [0.3, 0.4) is 0 Å². The van der Waals surface area contributed by atoms with E-state index >= 15 is 0 Å². The predicted molar refractivity (Wildman–Crippen MR) is 109 cm³/mol. The molecule has 0 atom stereocenters. The monoisotopic (exact) mass is 399 g/mol. The van der Waals surface area contributed by atoms with E-state index in [0.29, 0.717) is 36.0 Å². The van der Waals surface area contributed by atoms with E-state index in [1.165, 1.54) is 0 Å². The molecule has 0 aliphatic rings. The summed E-state index contributed by atoms with van der Waals surface area (Å²) in [5, 5.41) is 2.70. The lowest BCUT2D eigenvalue weighted by Gasteiger charge is -2.09. The largest absolute Gasteiger partial charge is 0.494 e. The summed E-state index contributed by atoms with van der Waals surface area (Å²) in [6, 6.07) is 13.5. The van der Waals surface area contributed by atoms with Gasteiger partial charge in [0.1, 0.15) is 11.5 Å². The number of rotatable bonds is 9. The van der Waals surface area contributed by atoms with Crippen LogP contribution in [0, 0.1) is 0 Å². The van der Waals surface area contributed by atoms with Crippen LogP contribution in [0.1, 0.15) is 37.0 Å². The molecule has 0 unspecified atom stereocenters. The molecular formula is C21H25N3O5. The van der Waals surface area contributed by atoms with E-state index in [-0.39, 0.29) is 18.7 Å². The highest BCUT2D eigenvalue weighted by Crippen LogP contribution is 2.16. The van der Waals surface area contributed by atoms with Gasteiger partial charge in [-0.1, -0.05) is 0 Å². The number of benzene rings is 2. The predicted octanol–water partition coefficient (Wildman–Crippen LogP) is 2.66. The number of anilines is 1. The lowest BCUT2D eigenvalue weighted by Crippen LogP contribution is -2.41. The first-order chi connectivity index (χ1) is 14.0. The van der Waals surface area contributed by atoms with E-state index in [2.05, 4.69) is 16.2 Å². The SMILES string of the molecule is CCOc1ccc(NC(=O)CCC(=O)NNC(=O)c2ccc(OCC)cc2)cc1. The molecule has 0 bridgehead atoms. The number of carbonyl (C=O) groups excluding carboxylic acids is 3. The third-order valence-electron chi connectivity index (χ3n) is 3.77. The number of amides is 3. The number of hydrazine groups is 1. The topological polar surface area (TPSA) is 106 Å². The fourth-order valence-electron chi connectivity index (χ4n) is 2.38. The zero-order valence-electron chi connectivity index (χ0n) is 16.5. The number of nitrogens with one attached hydrogen (secondary N) is 3. The minimum atomic E-state index is -0.467. The van der Waals surface area contributed by atoms with Gasteiger partial charge in [-0.05, 0) is 62.4 Å². The molecule has 0 heterocycles. The highest BCUT2D eigenvalue weighted by atomic mass is 16.5. The van der Waals surface area contributed by atoms with Crippen LogP contribution in [0.4, 0.5) is 5.69 Å². The second kappa shape index (κ2) is 11.3. The molecule has 0 aliphatic heterocycles. The molecule has 8 nitrogen and oxygen atoms in total. The van der Waals surface area contributed by atoms with Crippen LogP contribution in [0.5, 0.6) is 11.5 Å². The van der Waals surface area contributed by atoms with Gasteiger partial charge in [-0.2, -0.15) is 0 Å². The Balaban J connectivity index is 1.70. The zero-order valence-corrected chi connectivity index (χ0v) is 16.5. The molecule has 0 aromatic heterocycles. The molecule has 8 heteroatoms. The number of hydrogen-bond donors (Lipinski definition) is 3. The molecule has 0 radical (unpaired) electrons. The van der Waals surface area contributed by atoms with Crippen molar-refractivity contribution in [3.8, 4) is 11.5 Å². The van der Waals surface area contributed by atoms with E-state index < -0.39 is 11.8 Å². The molecule has 0 saturated heterocycles. The Morgan fingerprint density at radius 1 is 0.724 bits per heavy atom. The van der Waals surface area contributed by atoms with Gasteiger partial charge in [-0.3, -0.25) is 25.2 Å². The van der Waals surface area contributed by atoms with Gasteiger partial charge in [-0.25, -0.2) is 0 Å². The van der Waals surface area contributed by atoms with Crippen molar-refractivity contribution in [2.45, 2.75) is 26.7 Å². The summed E-state index contributed by atoms with van der Waals surface area (Å²) < 4.78 is 10.6.